The van der Waals surface area contributed by atoms with Crippen LogP contribution in [0, 0.1) is 9.39 Å². The van der Waals surface area contributed by atoms with E-state index in [-0.39, 0.29) is 12.5 Å². The number of thioether (sulfide) groups is 1. The number of carbonyl (C=O) groups is 2. The Balaban J connectivity index is 1.47. The molecule has 1 aliphatic heterocycles. The van der Waals surface area contributed by atoms with Gasteiger partial charge in [-0.25, -0.2) is 9.38 Å². The summed E-state index contributed by atoms with van der Waals surface area (Å²) in [4.78, 5) is 29.6. The molecule has 1 aliphatic rings. The number of aliphatic imine (C=N–C) groups is 1. The molecule has 0 aliphatic carbocycles. The molecule has 0 spiro atoms. The van der Waals surface area contributed by atoms with Crippen LogP contribution in [0.2, 0.25) is 10.0 Å². The zero-order chi connectivity index (χ0) is 26.5. The largest absolute Gasteiger partial charge is 0.493 e. The van der Waals surface area contributed by atoms with Gasteiger partial charge in [0.05, 0.1) is 31.3 Å². The molecular formula is C25H17Cl2FIN3O4S. The summed E-state index contributed by atoms with van der Waals surface area (Å²) in [5.41, 5.74) is 1.58. The Morgan fingerprint density at radius 3 is 2.70 bits per heavy atom. The number of nitrogens with zero attached hydrogens (tertiary/aromatic N) is 1. The van der Waals surface area contributed by atoms with E-state index < -0.39 is 11.7 Å². The fraction of sp³-hybridized carbons (Fsp3) is 0.0800. The Bertz CT molecular complexity index is 1430. The van der Waals surface area contributed by atoms with Gasteiger partial charge < -0.3 is 20.1 Å². The van der Waals surface area contributed by atoms with Crippen LogP contribution >= 0.6 is 57.6 Å². The first-order chi connectivity index (χ1) is 17.7. The minimum atomic E-state index is -0.415. The molecule has 0 atom stereocenters. The molecule has 0 radical (unpaired) electrons. The van der Waals surface area contributed by atoms with Gasteiger partial charge in [-0.05, 0) is 94.5 Å². The van der Waals surface area contributed by atoms with Gasteiger partial charge in [0.1, 0.15) is 5.82 Å². The molecule has 4 rings (SSSR count). The lowest BCUT2D eigenvalue weighted by atomic mass is 10.2. The fourth-order valence-electron chi connectivity index (χ4n) is 3.15. The van der Waals surface area contributed by atoms with Crippen molar-refractivity contribution in [3.8, 4) is 11.5 Å². The van der Waals surface area contributed by atoms with Gasteiger partial charge in [-0.3, -0.25) is 9.59 Å². The number of nitrogens with one attached hydrogen (secondary N) is 2. The monoisotopic (exact) mass is 671 g/mol. The van der Waals surface area contributed by atoms with E-state index in [1.165, 1.54) is 31.4 Å². The summed E-state index contributed by atoms with van der Waals surface area (Å²) in [6.07, 6.45) is 1.69. The maximum atomic E-state index is 13.0. The second-order valence-corrected chi connectivity index (χ2v) is 10.4. The lowest BCUT2D eigenvalue weighted by molar-refractivity contribution is -0.118. The molecule has 190 valence electrons. The third-order valence-electron chi connectivity index (χ3n) is 4.83. The summed E-state index contributed by atoms with van der Waals surface area (Å²) in [6, 6.07) is 14.0. The van der Waals surface area contributed by atoms with Crippen molar-refractivity contribution >= 4 is 92.0 Å². The van der Waals surface area contributed by atoms with Crippen LogP contribution in [0.25, 0.3) is 6.08 Å². The molecule has 0 unspecified atom stereocenters. The van der Waals surface area contributed by atoms with Crippen LogP contribution in [0.4, 0.5) is 15.8 Å². The topological polar surface area (TPSA) is 89.0 Å². The minimum absolute atomic E-state index is 0.283. The zero-order valence-corrected chi connectivity index (χ0v) is 23.5. The van der Waals surface area contributed by atoms with Crippen molar-refractivity contribution in [3.63, 3.8) is 0 Å². The lowest BCUT2D eigenvalue weighted by Gasteiger charge is -2.14. The third kappa shape index (κ3) is 6.95. The highest BCUT2D eigenvalue weighted by Gasteiger charge is 2.25. The first-order valence-electron chi connectivity index (χ1n) is 10.5. The molecule has 1 saturated heterocycles. The number of carbonyl (C=O) groups excluding carboxylic acids is 2. The van der Waals surface area contributed by atoms with Gasteiger partial charge in [0.25, 0.3) is 11.8 Å². The van der Waals surface area contributed by atoms with E-state index in [4.69, 9.17) is 32.7 Å². The maximum absolute atomic E-state index is 13.0. The number of rotatable bonds is 7. The second kappa shape index (κ2) is 12.2. The summed E-state index contributed by atoms with van der Waals surface area (Å²) in [5.74, 6) is -0.363. The summed E-state index contributed by atoms with van der Waals surface area (Å²) in [5, 5.41) is 6.37. The molecule has 0 saturated carbocycles. The van der Waals surface area contributed by atoms with Gasteiger partial charge in [0, 0.05) is 5.69 Å². The van der Waals surface area contributed by atoms with Crippen LogP contribution in [-0.2, 0) is 9.59 Å². The lowest BCUT2D eigenvalue weighted by Crippen LogP contribution is -2.20. The highest BCUT2D eigenvalue weighted by molar-refractivity contribution is 14.1. The smallest absolute Gasteiger partial charge is 0.264 e. The molecule has 0 aromatic heterocycles. The van der Waals surface area contributed by atoms with Gasteiger partial charge in [0.2, 0.25) is 0 Å². The number of ether oxygens (including phenoxy) is 2. The minimum Gasteiger partial charge on any atom is -0.493 e. The Morgan fingerprint density at radius 2 is 1.97 bits per heavy atom. The normalized spacial score (nSPS) is 15.1. The number of amides is 2. The molecule has 3 aromatic rings. The predicted octanol–water partition coefficient (Wildman–Crippen LogP) is 6.65. The molecule has 0 bridgehead atoms. The van der Waals surface area contributed by atoms with Crippen molar-refractivity contribution in [2.75, 3.05) is 19.0 Å². The maximum Gasteiger partial charge on any atom is 0.264 e. The SMILES string of the molecule is COc1cc(/C=C2/SC(=Nc3cccc(Cl)c3Cl)NC2=O)cc(I)c1OCC(=O)Nc1ccc(F)cc1. The Hall–Kier alpha value is -2.80. The first-order valence-corrected chi connectivity index (χ1v) is 13.2. The second-order valence-electron chi connectivity index (χ2n) is 7.43. The summed E-state index contributed by atoms with van der Waals surface area (Å²) < 4.78 is 24.9. The third-order valence-corrected chi connectivity index (χ3v) is 7.35. The van der Waals surface area contributed by atoms with Crippen molar-refractivity contribution in [2.24, 2.45) is 4.99 Å². The van der Waals surface area contributed by atoms with Crippen LogP contribution < -0.4 is 20.1 Å². The Kier molecular flexibility index (Phi) is 8.95. The van der Waals surface area contributed by atoms with Crippen molar-refractivity contribution in [3.05, 3.63) is 84.5 Å². The number of anilines is 1. The highest BCUT2D eigenvalue weighted by Crippen LogP contribution is 2.37. The van der Waals surface area contributed by atoms with Crippen molar-refractivity contribution in [1.82, 2.24) is 5.32 Å². The van der Waals surface area contributed by atoms with Crippen LogP contribution in [-0.4, -0.2) is 30.7 Å². The number of methoxy groups -OCH3 is 1. The number of halogens is 4. The van der Waals surface area contributed by atoms with E-state index in [0.717, 1.165) is 11.8 Å². The molecule has 1 heterocycles. The van der Waals surface area contributed by atoms with Crippen LogP contribution in [0.5, 0.6) is 11.5 Å². The van der Waals surface area contributed by atoms with E-state index in [0.29, 0.717) is 52.1 Å². The van der Waals surface area contributed by atoms with E-state index in [2.05, 4.69) is 38.2 Å². The highest BCUT2D eigenvalue weighted by atomic mass is 127. The van der Waals surface area contributed by atoms with Crippen LogP contribution in [0.15, 0.2) is 64.5 Å². The van der Waals surface area contributed by atoms with Gasteiger partial charge >= 0.3 is 0 Å². The Labute approximate surface area is 239 Å². The van der Waals surface area contributed by atoms with Gasteiger partial charge in [-0.2, -0.15) is 0 Å². The summed E-state index contributed by atoms with van der Waals surface area (Å²) >= 11 is 15.4. The molecule has 2 amide bonds. The summed E-state index contributed by atoms with van der Waals surface area (Å²) in [7, 11) is 1.48. The number of hydrogen-bond donors (Lipinski definition) is 2. The van der Waals surface area contributed by atoms with Crippen LogP contribution in [0.1, 0.15) is 5.56 Å². The zero-order valence-electron chi connectivity index (χ0n) is 19.0. The van der Waals surface area contributed by atoms with Gasteiger partial charge in [-0.15, -0.1) is 0 Å². The van der Waals surface area contributed by atoms with Crippen molar-refractivity contribution in [2.45, 2.75) is 0 Å². The first kappa shape index (κ1) is 27.2. The molecule has 3 aromatic carbocycles. The van der Waals surface area contributed by atoms with Gasteiger partial charge in [0.15, 0.2) is 23.3 Å². The predicted molar refractivity (Wildman–Crippen MR) is 154 cm³/mol. The van der Waals surface area contributed by atoms with E-state index in [9.17, 15) is 14.0 Å². The van der Waals surface area contributed by atoms with Crippen molar-refractivity contribution < 1.29 is 23.5 Å². The average Bonchev–Trinajstić information content (AvgIpc) is 3.20. The van der Waals surface area contributed by atoms with E-state index >= 15 is 0 Å². The number of benzene rings is 3. The number of hydrogen-bond acceptors (Lipinski definition) is 6. The quantitative estimate of drug-likeness (QED) is 0.217. The fourth-order valence-corrected chi connectivity index (χ4v) is 5.10. The van der Waals surface area contributed by atoms with Crippen molar-refractivity contribution in [1.29, 1.82) is 0 Å². The molecule has 1 fully saturated rings. The summed E-state index contributed by atoms with van der Waals surface area (Å²) in [6.45, 7) is -0.283. The molecule has 7 nitrogen and oxygen atoms in total. The van der Waals surface area contributed by atoms with Gasteiger partial charge in [-0.1, -0.05) is 29.3 Å². The molecule has 2 N–H and O–H groups in total. The average molecular weight is 672 g/mol. The standard InChI is InChI=1S/C25H17Cl2FIN3O4S/c1-35-19-10-13(9-17(29)23(19)36-12-21(33)30-15-7-5-14(28)6-8-15)11-20-24(34)32-25(37-20)31-18-4-2-3-16(26)22(18)27/h2-11H,12H2,1H3,(H,30,33)(H,31,32,34)/b20-11+. The molecule has 37 heavy (non-hydrogen) atoms. The molecular weight excluding hydrogens is 655 g/mol. The number of amidine groups is 1. The molecule has 12 heteroatoms. The van der Waals surface area contributed by atoms with E-state index in [1.54, 1.807) is 36.4 Å². The Morgan fingerprint density at radius 1 is 1.22 bits per heavy atom. The van der Waals surface area contributed by atoms with Crippen LogP contribution in [0.3, 0.4) is 0 Å². The van der Waals surface area contributed by atoms with E-state index in [1.807, 2.05) is 0 Å².